The molecule has 3 aromatic rings. The predicted molar refractivity (Wildman–Crippen MR) is 101 cm³/mol. The molecule has 0 aliphatic rings. The van der Waals surface area contributed by atoms with E-state index in [9.17, 15) is 4.79 Å². The van der Waals surface area contributed by atoms with E-state index in [4.69, 9.17) is 0 Å². The molecule has 0 atom stereocenters. The second-order valence-corrected chi connectivity index (χ2v) is 6.92. The summed E-state index contributed by atoms with van der Waals surface area (Å²) in [5.74, 6) is 0.224. The Morgan fingerprint density at radius 1 is 0.875 bits per heavy atom. The Hall–Kier alpha value is -2.29. The van der Waals surface area contributed by atoms with Gasteiger partial charge in [0, 0.05) is 46.9 Å². The second-order valence-electron chi connectivity index (χ2n) is 6.92. The van der Waals surface area contributed by atoms with Crippen molar-refractivity contribution in [2.75, 3.05) is 0 Å². The molecule has 3 nitrogen and oxygen atoms in total. The number of hydrogen-bond acceptors (Lipinski definition) is 1. The quantitative estimate of drug-likeness (QED) is 0.660. The van der Waals surface area contributed by atoms with Gasteiger partial charge in [0.05, 0.1) is 0 Å². The topological polar surface area (TPSA) is 25.2 Å². The lowest BCUT2D eigenvalue weighted by atomic mass is 10.2. The maximum Gasteiger partial charge on any atom is 0.224 e. The number of hydrogen-bond donors (Lipinski definition) is 0. The molecule has 0 bridgehead atoms. The molecular formula is C21H26N2O. The van der Waals surface area contributed by atoms with Crippen molar-refractivity contribution >= 4 is 27.7 Å². The van der Waals surface area contributed by atoms with E-state index in [1.54, 1.807) is 0 Å². The summed E-state index contributed by atoms with van der Waals surface area (Å²) in [7, 11) is 0. The van der Waals surface area contributed by atoms with Gasteiger partial charge in [-0.15, -0.1) is 0 Å². The van der Waals surface area contributed by atoms with E-state index in [2.05, 4.69) is 80.8 Å². The van der Waals surface area contributed by atoms with Crippen LogP contribution in [0.3, 0.4) is 0 Å². The van der Waals surface area contributed by atoms with E-state index in [0.29, 0.717) is 13.0 Å². The highest BCUT2D eigenvalue weighted by molar-refractivity contribution is 6.08. The van der Waals surface area contributed by atoms with E-state index >= 15 is 0 Å². The highest BCUT2D eigenvalue weighted by Gasteiger charge is 2.20. The summed E-state index contributed by atoms with van der Waals surface area (Å²) >= 11 is 0. The zero-order valence-electron chi connectivity index (χ0n) is 15.0. The Labute approximate surface area is 143 Å². The SMILES string of the molecule is CC(C)N(C(=O)CCn1c2ccccc2c2ccccc21)C(C)C. The maximum atomic E-state index is 12.7. The van der Waals surface area contributed by atoms with Gasteiger partial charge in [-0.3, -0.25) is 4.79 Å². The minimum absolute atomic E-state index is 0.224. The molecule has 1 amide bonds. The van der Waals surface area contributed by atoms with Gasteiger partial charge in [-0.25, -0.2) is 0 Å². The largest absolute Gasteiger partial charge is 0.340 e. The first kappa shape index (κ1) is 16.6. The zero-order chi connectivity index (χ0) is 17.3. The third-order valence-electron chi connectivity index (χ3n) is 4.63. The van der Waals surface area contributed by atoms with Gasteiger partial charge in [-0.05, 0) is 39.8 Å². The van der Waals surface area contributed by atoms with Crippen molar-refractivity contribution in [1.82, 2.24) is 9.47 Å². The fourth-order valence-corrected chi connectivity index (χ4v) is 3.75. The number of fused-ring (bicyclic) bond motifs is 3. The molecule has 2 aromatic carbocycles. The third kappa shape index (κ3) is 2.91. The summed E-state index contributed by atoms with van der Waals surface area (Å²) in [6.07, 6.45) is 0.527. The number of carbonyl (C=O) groups is 1. The Bertz CT molecular complexity index is 799. The van der Waals surface area contributed by atoms with Crippen LogP contribution in [0.15, 0.2) is 48.5 Å². The number of para-hydroxylation sites is 2. The fraction of sp³-hybridized carbons (Fsp3) is 0.381. The first-order valence-corrected chi connectivity index (χ1v) is 8.78. The number of aromatic nitrogens is 1. The molecule has 0 radical (unpaired) electrons. The van der Waals surface area contributed by atoms with Crippen LogP contribution in [0.25, 0.3) is 21.8 Å². The van der Waals surface area contributed by atoms with Gasteiger partial charge in [-0.1, -0.05) is 36.4 Å². The van der Waals surface area contributed by atoms with Crippen molar-refractivity contribution < 1.29 is 4.79 Å². The minimum atomic E-state index is 0.224. The van der Waals surface area contributed by atoms with Crippen LogP contribution in [-0.2, 0) is 11.3 Å². The summed E-state index contributed by atoms with van der Waals surface area (Å²) < 4.78 is 2.28. The van der Waals surface area contributed by atoms with Gasteiger partial charge in [0.15, 0.2) is 0 Å². The first-order valence-electron chi connectivity index (χ1n) is 8.78. The maximum absolute atomic E-state index is 12.7. The average molecular weight is 322 g/mol. The van der Waals surface area contributed by atoms with Gasteiger partial charge >= 0.3 is 0 Å². The van der Waals surface area contributed by atoms with Crippen molar-refractivity contribution in [3.05, 3.63) is 48.5 Å². The molecule has 0 saturated heterocycles. The molecule has 1 aromatic heterocycles. The van der Waals surface area contributed by atoms with Gasteiger partial charge in [-0.2, -0.15) is 0 Å². The monoisotopic (exact) mass is 322 g/mol. The van der Waals surface area contributed by atoms with Crippen LogP contribution in [-0.4, -0.2) is 27.5 Å². The summed E-state index contributed by atoms with van der Waals surface area (Å²) in [6, 6.07) is 17.3. The van der Waals surface area contributed by atoms with Crippen molar-refractivity contribution in [1.29, 1.82) is 0 Å². The highest BCUT2D eigenvalue weighted by Crippen LogP contribution is 2.29. The number of amides is 1. The van der Waals surface area contributed by atoms with E-state index in [1.807, 2.05) is 4.90 Å². The highest BCUT2D eigenvalue weighted by atomic mass is 16.2. The molecule has 0 unspecified atom stereocenters. The molecule has 0 fully saturated rings. The zero-order valence-corrected chi connectivity index (χ0v) is 15.0. The number of aryl methyl sites for hydroxylation is 1. The Morgan fingerprint density at radius 3 is 1.79 bits per heavy atom. The van der Waals surface area contributed by atoms with Crippen LogP contribution >= 0.6 is 0 Å². The molecular weight excluding hydrogens is 296 g/mol. The molecule has 0 aliphatic heterocycles. The summed E-state index contributed by atoms with van der Waals surface area (Å²) in [4.78, 5) is 14.7. The van der Waals surface area contributed by atoms with Crippen molar-refractivity contribution in [3.63, 3.8) is 0 Å². The van der Waals surface area contributed by atoms with E-state index in [-0.39, 0.29) is 18.0 Å². The fourth-order valence-electron chi connectivity index (χ4n) is 3.75. The number of nitrogens with zero attached hydrogens (tertiary/aromatic N) is 2. The van der Waals surface area contributed by atoms with Crippen LogP contribution < -0.4 is 0 Å². The molecule has 3 rings (SSSR count). The van der Waals surface area contributed by atoms with Crippen molar-refractivity contribution in [2.24, 2.45) is 0 Å². The van der Waals surface area contributed by atoms with Crippen LogP contribution in [0.2, 0.25) is 0 Å². The molecule has 24 heavy (non-hydrogen) atoms. The third-order valence-corrected chi connectivity index (χ3v) is 4.63. The molecule has 0 saturated carbocycles. The van der Waals surface area contributed by atoms with Crippen LogP contribution in [0.5, 0.6) is 0 Å². The van der Waals surface area contributed by atoms with Gasteiger partial charge in [0.25, 0.3) is 0 Å². The minimum Gasteiger partial charge on any atom is -0.340 e. The van der Waals surface area contributed by atoms with Crippen LogP contribution in [0.4, 0.5) is 0 Å². The smallest absolute Gasteiger partial charge is 0.224 e. The van der Waals surface area contributed by atoms with Crippen LogP contribution in [0.1, 0.15) is 34.1 Å². The van der Waals surface area contributed by atoms with Crippen molar-refractivity contribution in [2.45, 2.75) is 52.7 Å². The number of carbonyl (C=O) groups excluding carboxylic acids is 1. The molecule has 0 aliphatic carbocycles. The summed E-state index contributed by atoms with van der Waals surface area (Å²) in [5, 5.41) is 2.51. The van der Waals surface area contributed by atoms with E-state index < -0.39 is 0 Å². The van der Waals surface area contributed by atoms with E-state index in [0.717, 1.165) is 0 Å². The second kappa shape index (κ2) is 6.68. The Balaban J connectivity index is 1.94. The number of benzene rings is 2. The lowest BCUT2D eigenvalue weighted by Gasteiger charge is -2.31. The predicted octanol–water partition coefficient (Wildman–Crippen LogP) is 4.83. The van der Waals surface area contributed by atoms with Gasteiger partial charge in [0.1, 0.15) is 0 Å². The normalized spacial score (nSPS) is 11.8. The Kier molecular flexibility index (Phi) is 4.61. The summed E-state index contributed by atoms with van der Waals surface area (Å²) in [5.41, 5.74) is 2.40. The van der Waals surface area contributed by atoms with Gasteiger partial charge < -0.3 is 9.47 Å². The lowest BCUT2D eigenvalue weighted by Crippen LogP contribution is -2.42. The molecule has 0 spiro atoms. The molecule has 126 valence electrons. The van der Waals surface area contributed by atoms with Crippen molar-refractivity contribution in [3.8, 4) is 0 Å². The standard InChI is InChI=1S/C21H26N2O/c1-15(2)23(16(3)4)21(24)13-14-22-19-11-7-5-9-17(19)18-10-6-8-12-20(18)22/h5-12,15-16H,13-14H2,1-4H3. The molecule has 3 heteroatoms. The number of rotatable bonds is 5. The lowest BCUT2D eigenvalue weighted by molar-refractivity contribution is -0.134. The molecule has 0 N–H and O–H groups in total. The van der Waals surface area contributed by atoms with Crippen LogP contribution in [0, 0.1) is 0 Å². The van der Waals surface area contributed by atoms with Gasteiger partial charge in [0.2, 0.25) is 5.91 Å². The molecule has 1 heterocycles. The summed E-state index contributed by atoms with van der Waals surface area (Å²) in [6.45, 7) is 9.04. The Morgan fingerprint density at radius 2 is 1.33 bits per heavy atom. The first-order chi connectivity index (χ1) is 11.5. The van der Waals surface area contributed by atoms with E-state index in [1.165, 1.54) is 21.8 Å². The average Bonchev–Trinajstić information content (AvgIpc) is 2.86.